The van der Waals surface area contributed by atoms with Crippen LogP contribution in [0.5, 0.6) is 0 Å². The lowest BCUT2D eigenvalue weighted by atomic mass is 9.96. The fraction of sp³-hybridized carbons (Fsp3) is 0.769. The van der Waals surface area contributed by atoms with Gasteiger partial charge in [0.1, 0.15) is 0 Å². The van der Waals surface area contributed by atoms with E-state index in [9.17, 15) is 4.79 Å². The number of nitrogens with zero attached hydrogens (tertiary/aromatic N) is 2. The molecule has 0 aromatic carbocycles. The standard InChI is InChI=1S/C13H22N2O/c1-4-12-10(2)14(3)15(13(12)16)11-8-6-5-7-9-11/h11H,4-9H2,1-3H3. The number of aromatic nitrogens is 2. The molecule has 0 radical (unpaired) electrons. The molecule has 1 aromatic heterocycles. The Morgan fingerprint density at radius 1 is 1.25 bits per heavy atom. The van der Waals surface area contributed by atoms with Crippen molar-refractivity contribution in [2.45, 2.75) is 58.4 Å². The van der Waals surface area contributed by atoms with Crippen LogP contribution in [0.3, 0.4) is 0 Å². The smallest absolute Gasteiger partial charge is 0.270 e. The van der Waals surface area contributed by atoms with Crippen molar-refractivity contribution in [1.82, 2.24) is 9.36 Å². The van der Waals surface area contributed by atoms with E-state index in [2.05, 4.69) is 18.5 Å². The van der Waals surface area contributed by atoms with Crippen LogP contribution in [0.1, 0.15) is 56.3 Å². The second-order valence-corrected chi connectivity index (χ2v) is 4.88. The van der Waals surface area contributed by atoms with Gasteiger partial charge in [0.05, 0.1) is 6.04 Å². The van der Waals surface area contributed by atoms with Crippen LogP contribution in [0, 0.1) is 6.92 Å². The largest absolute Gasteiger partial charge is 0.289 e. The van der Waals surface area contributed by atoms with E-state index < -0.39 is 0 Å². The zero-order chi connectivity index (χ0) is 11.7. The molecule has 1 heterocycles. The van der Waals surface area contributed by atoms with Crippen molar-refractivity contribution in [2.75, 3.05) is 0 Å². The fourth-order valence-electron chi connectivity index (χ4n) is 2.93. The van der Waals surface area contributed by atoms with Crippen LogP contribution in [-0.2, 0) is 13.5 Å². The van der Waals surface area contributed by atoms with Crippen LogP contribution >= 0.6 is 0 Å². The van der Waals surface area contributed by atoms with Gasteiger partial charge in [0.15, 0.2) is 0 Å². The molecule has 1 aliphatic carbocycles. The van der Waals surface area contributed by atoms with Gasteiger partial charge in [0.25, 0.3) is 5.56 Å². The molecule has 0 aliphatic heterocycles. The molecule has 16 heavy (non-hydrogen) atoms. The minimum Gasteiger partial charge on any atom is -0.289 e. The van der Waals surface area contributed by atoms with Gasteiger partial charge in [-0.2, -0.15) is 0 Å². The molecular formula is C13H22N2O. The van der Waals surface area contributed by atoms with Crippen molar-refractivity contribution in [3.63, 3.8) is 0 Å². The summed E-state index contributed by atoms with van der Waals surface area (Å²) in [6.07, 6.45) is 7.04. The zero-order valence-corrected chi connectivity index (χ0v) is 10.6. The van der Waals surface area contributed by atoms with Gasteiger partial charge < -0.3 is 0 Å². The summed E-state index contributed by atoms with van der Waals surface area (Å²) in [4.78, 5) is 12.3. The average Bonchev–Trinajstić information content (AvgIpc) is 2.51. The molecular weight excluding hydrogens is 200 g/mol. The maximum Gasteiger partial charge on any atom is 0.270 e. The highest BCUT2D eigenvalue weighted by Crippen LogP contribution is 2.27. The van der Waals surface area contributed by atoms with E-state index in [0.29, 0.717) is 6.04 Å². The molecule has 0 unspecified atom stereocenters. The topological polar surface area (TPSA) is 26.9 Å². The summed E-state index contributed by atoms with van der Waals surface area (Å²) in [6.45, 7) is 4.12. The van der Waals surface area contributed by atoms with Crippen LogP contribution in [0.15, 0.2) is 4.79 Å². The van der Waals surface area contributed by atoms with E-state index in [-0.39, 0.29) is 5.56 Å². The Kier molecular flexibility index (Phi) is 3.22. The summed E-state index contributed by atoms with van der Waals surface area (Å²) < 4.78 is 4.06. The molecule has 90 valence electrons. The Morgan fingerprint density at radius 3 is 2.38 bits per heavy atom. The second-order valence-electron chi connectivity index (χ2n) is 4.88. The third-order valence-corrected chi connectivity index (χ3v) is 3.99. The molecule has 0 atom stereocenters. The SMILES string of the molecule is CCc1c(C)n(C)n(C2CCCCC2)c1=O. The first-order chi connectivity index (χ1) is 7.66. The summed E-state index contributed by atoms with van der Waals surface area (Å²) in [5, 5.41) is 0. The molecule has 1 aliphatic rings. The third-order valence-electron chi connectivity index (χ3n) is 3.99. The van der Waals surface area contributed by atoms with Gasteiger partial charge in [-0.25, -0.2) is 4.68 Å². The molecule has 0 saturated heterocycles. The summed E-state index contributed by atoms with van der Waals surface area (Å²) in [5.41, 5.74) is 2.38. The molecule has 0 spiro atoms. The maximum absolute atomic E-state index is 12.3. The molecule has 3 heteroatoms. The Bertz CT molecular complexity index is 422. The number of hydrogen-bond donors (Lipinski definition) is 0. The van der Waals surface area contributed by atoms with Crippen molar-refractivity contribution in [3.8, 4) is 0 Å². The van der Waals surface area contributed by atoms with E-state index in [0.717, 1.165) is 17.7 Å². The van der Waals surface area contributed by atoms with Crippen molar-refractivity contribution < 1.29 is 0 Å². The Hall–Kier alpha value is -0.990. The lowest BCUT2D eigenvalue weighted by Crippen LogP contribution is -2.29. The predicted octanol–water partition coefficient (Wildman–Crippen LogP) is 2.56. The molecule has 1 saturated carbocycles. The minimum absolute atomic E-state index is 0.245. The van der Waals surface area contributed by atoms with Crippen LogP contribution in [-0.4, -0.2) is 9.36 Å². The molecule has 0 amide bonds. The molecule has 1 aromatic rings. The van der Waals surface area contributed by atoms with Gasteiger partial charge in [0.2, 0.25) is 0 Å². The number of hydrogen-bond acceptors (Lipinski definition) is 1. The van der Waals surface area contributed by atoms with E-state index in [1.165, 1.54) is 32.1 Å². The lowest BCUT2D eigenvalue weighted by molar-refractivity contribution is 0.293. The molecule has 0 N–H and O–H groups in total. The zero-order valence-electron chi connectivity index (χ0n) is 10.6. The van der Waals surface area contributed by atoms with Crippen LogP contribution in [0.4, 0.5) is 0 Å². The van der Waals surface area contributed by atoms with Crippen LogP contribution < -0.4 is 5.56 Å². The first-order valence-corrected chi connectivity index (χ1v) is 6.43. The number of rotatable bonds is 2. The fourth-order valence-corrected chi connectivity index (χ4v) is 2.93. The van der Waals surface area contributed by atoms with Crippen molar-refractivity contribution in [2.24, 2.45) is 7.05 Å². The van der Waals surface area contributed by atoms with Gasteiger partial charge >= 0.3 is 0 Å². The van der Waals surface area contributed by atoms with Gasteiger partial charge in [-0.3, -0.25) is 9.48 Å². The molecule has 0 bridgehead atoms. The maximum atomic E-state index is 12.3. The molecule has 2 rings (SSSR count). The summed E-state index contributed by atoms with van der Waals surface area (Å²) in [7, 11) is 2.02. The molecule has 3 nitrogen and oxygen atoms in total. The van der Waals surface area contributed by atoms with Crippen LogP contribution in [0.25, 0.3) is 0 Å². The monoisotopic (exact) mass is 222 g/mol. The van der Waals surface area contributed by atoms with E-state index in [1.807, 2.05) is 11.7 Å². The van der Waals surface area contributed by atoms with Crippen molar-refractivity contribution in [1.29, 1.82) is 0 Å². The minimum atomic E-state index is 0.245. The quantitative estimate of drug-likeness (QED) is 0.755. The first-order valence-electron chi connectivity index (χ1n) is 6.43. The Morgan fingerprint density at radius 2 is 1.88 bits per heavy atom. The Balaban J connectivity index is 2.43. The highest BCUT2D eigenvalue weighted by Gasteiger charge is 2.22. The van der Waals surface area contributed by atoms with E-state index in [4.69, 9.17) is 0 Å². The van der Waals surface area contributed by atoms with Gasteiger partial charge in [-0.05, 0) is 26.2 Å². The molecule has 1 fully saturated rings. The summed E-state index contributed by atoms with van der Waals surface area (Å²) >= 11 is 0. The van der Waals surface area contributed by atoms with Gasteiger partial charge in [0, 0.05) is 18.3 Å². The normalized spacial score (nSPS) is 17.9. The third kappa shape index (κ3) is 1.72. The van der Waals surface area contributed by atoms with Gasteiger partial charge in [-0.15, -0.1) is 0 Å². The summed E-state index contributed by atoms with van der Waals surface area (Å²) in [6, 6.07) is 0.435. The predicted molar refractivity (Wildman–Crippen MR) is 65.9 cm³/mol. The second kappa shape index (κ2) is 4.48. The van der Waals surface area contributed by atoms with Crippen LogP contribution in [0.2, 0.25) is 0 Å². The average molecular weight is 222 g/mol. The Labute approximate surface area is 97.1 Å². The van der Waals surface area contributed by atoms with E-state index >= 15 is 0 Å². The highest BCUT2D eigenvalue weighted by molar-refractivity contribution is 5.17. The first kappa shape index (κ1) is 11.5. The van der Waals surface area contributed by atoms with Gasteiger partial charge in [-0.1, -0.05) is 26.2 Å². The highest BCUT2D eigenvalue weighted by atomic mass is 16.1. The lowest BCUT2D eigenvalue weighted by Gasteiger charge is -2.24. The summed E-state index contributed by atoms with van der Waals surface area (Å²) in [5.74, 6) is 0. The van der Waals surface area contributed by atoms with Crippen molar-refractivity contribution in [3.05, 3.63) is 21.6 Å². The van der Waals surface area contributed by atoms with Crippen molar-refractivity contribution >= 4 is 0 Å². The van der Waals surface area contributed by atoms with E-state index in [1.54, 1.807) is 0 Å².